The molecule has 0 spiro atoms. The molecular weight excluding hydrogens is 269 g/mol. The van der Waals surface area contributed by atoms with Gasteiger partial charge in [0, 0.05) is 0 Å². The fraction of sp³-hybridized carbons (Fsp3) is 0.235. The number of carbonyl (C=O) groups excluding carboxylic acids is 1. The summed E-state index contributed by atoms with van der Waals surface area (Å²) in [7, 11) is 0. The van der Waals surface area contributed by atoms with Crippen LogP contribution in [0.1, 0.15) is 18.1 Å². The van der Waals surface area contributed by atoms with Crippen molar-refractivity contribution in [2.75, 3.05) is 5.32 Å². The molecule has 0 heterocycles. The number of halogens is 1. The molecule has 0 saturated heterocycles. The molecule has 110 valence electrons. The van der Waals surface area contributed by atoms with Crippen molar-refractivity contribution in [2.45, 2.75) is 26.9 Å². The number of hydrogen-bond donors (Lipinski definition) is 1. The summed E-state index contributed by atoms with van der Waals surface area (Å²) in [4.78, 5) is 12.1. The molecule has 1 amide bonds. The second kappa shape index (κ2) is 6.39. The van der Waals surface area contributed by atoms with Crippen molar-refractivity contribution in [1.29, 1.82) is 0 Å². The zero-order chi connectivity index (χ0) is 15.4. The van der Waals surface area contributed by atoms with E-state index >= 15 is 0 Å². The summed E-state index contributed by atoms with van der Waals surface area (Å²) < 4.78 is 19.2. The minimum Gasteiger partial charge on any atom is -0.481 e. The van der Waals surface area contributed by atoms with Gasteiger partial charge in [0.25, 0.3) is 5.91 Å². The van der Waals surface area contributed by atoms with Crippen LogP contribution in [-0.4, -0.2) is 12.0 Å². The zero-order valence-corrected chi connectivity index (χ0v) is 12.3. The first-order chi connectivity index (χ1) is 9.95. The minimum atomic E-state index is -0.716. The van der Waals surface area contributed by atoms with Crippen molar-refractivity contribution >= 4 is 11.6 Å². The lowest BCUT2D eigenvalue weighted by atomic mass is 10.2. The molecule has 1 atom stereocenters. The first kappa shape index (κ1) is 15.0. The molecule has 0 radical (unpaired) electrons. The van der Waals surface area contributed by atoms with E-state index in [-0.39, 0.29) is 11.6 Å². The number of rotatable bonds is 4. The quantitative estimate of drug-likeness (QED) is 0.927. The van der Waals surface area contributed by atoms with E-state index < -0.39 is 11.9 Å². The fourth-order valence-corrected chi connectivity index (χ4v) is 1.92. The van der Waals surface area contributed by atoms with Gasteiger partial charge < -0.3 is 10.1 Å². The number of ether oxygens (including phenoxy) is 1. The number of benzene rings is 2. The van der Waals surface area contributed by atoms with Gasteiger partial charge in [-0.2, -0.15) is 0 Å². The van der Waals surface area contributed by atoms with Crippen LogP contribution in [0.2, 0.25) is 0 Å². The molecule has 2 aromatic carbocycles. The highest BCUT2D eigenvalue weighted by molar-refractivity contribution is 5.94. The van der Waals surface area contributed by atoms with Gasteiger partial charge in [0.2, 0.25) is 0 Å². The third-order valence-electron chi connectivity index (χ3n) is 3.05. The molecule has 0 aliphatic carbocycles. The summed E-state index contributed by atoms with van der Waals surface area (Å²) in [5.74, 6) is -0.236. The molecule has 21 heavy (non-hydrogen) atoms. The van der Waals surface area contributed by atoms with Crippen molar-refractivity contribution in [3.8, 4) is 5.75 Å². The van der Waals surface area contributed by atoms with E-state index in [0.29, 0.717) is 5.75 Å². The number of nitrogens with one attached hydrogen (secondary N) is 1. The highest BCUT2D eigenvalue weighted by atomic mass is 19.1. The molecule has 0 aliphatic rings. The van der Waals surface area contributed by atoms with Crippen LogP contribution in [0.5, 0.6) is 5.75 Å². The molecule has 3 nitrogen and oxygen atoms in total. The molecule has 2 aromatic rings. The third-order valence-corrected chi connectivity index (χ3v) is 3.05. The van der Waals surface area contributed by atoms with E-state index in [1.165, 1.54) is 6.07 Å². The van der Waals surface area contributed by atoms with Crippen LogP contribution < -0.4 is 10.1 Å². The van der Waals surface area contributed by atoms with Crippen LogP contribution >= 0.6 is 0 Å². The van der Waals surface area contributed by atoms with Gasteiger partial charge in [0.05, 0.1) is 5.69 Å². The fourth-order valence-electron chi connectivity index (χ4n) is 1.92. The summed E-state index contributed by atoms with van der Waals surface area (Å²) >= 11 is 0. The van der Waals surface area contributed by atoms with Crippen molar-refractivity contribution < 1.29 is 13.9 Å². The number of aryl methyl sites for hydroxylation is 2. The standard InChI is InChI=1S/C17H18FNO2/c1-11-5-4-6-14(9-11)21-13(3)17(20)19-16-10-12(2)7-8-15(16)18/h4-10,13H,1-3H3,(H,19,20)/t13-/m1/s1. The highest BCUT2D eigenvalue weighted by Gasteiger charge is 2.16. The van der Waals surface area contributed by atoms with Crippen LogP contribution in [0, 0.1) is 19.7 Å². The van der Waals surface area contributed by atoms with Crippen molar-refractivity contribution in [1.82, 2.24) is 0 Å². The Balaban J connectivity index is 2.04. The van der Waals surface area contributed by atoms with Crippen LogP contribution in [0.25, 0.3) is 0 Å². The van der Waals surface area contributed by atoms with E-state index in [2.05, 4.69) is 5.32 Å². The first-order valence-corrected chi connectivity index (χ1v) is 6.76. The summed E-state index contributed by atoms with van der Waals surface area (Å²) in [6.07, 6.45) is -0.716. The summed E-state index contributed by atoms with van der Waals surface area (Å²) in [6, 6.07) is 12.0. The Bertz CT molecular complexity index is 655. The average Bonchev–Trinajstić information content (AvgIpc) is 2.43. The van der Waals surface area contributed by atoms with Crippen molar-refractivity contribution in [2.24, 2.45) is 0 Å². The van der Waals surface area contributed by atoms with E-state index in [9.17, 15) is 9.18 Å². The lowest BCUT2D eigenvalue weighted by Crippen LogP contribution is -2.30. The molecule has 0 aromatic heterocycles. The van der Waals surface area contributed by atoms with Gasteiger partial charge in [-0.15, -0.1) is 0 Å². The van der Waals surface area contributed by atoms with Gasteiger partial charge in [0.15, 0.2) is 6.10 Å². The third kappa shape index (κ3) is 4.05. The van der Waals surface area contributed by atoms with E-state index in [4.69, 9.17) is 4.74 Å². The maximum absolute atomic E-state index is 13.6. The van der Waals surface area contributed by atoms with Gasteiger partial charge >= 0.3 is 0 Å². The Morgan fingerprint density at radius 1 is 1.14 bits per heavy atom. The second-order valence-corrected chi connectivity index (χ2v) is 5.05. The Hall–Kier alpha value is -2.36. The normalized spacial score (nSPS) is 11.8. The molecule has 0 fully saturated rings. The minimum absolute atomic E-state index is 0.166. The first-order valence-electron chi connectivity index (χ1n) is 6.76. The topological polar surface area (TPSA) is 38.3 Å². The van der Waals surface area contributed by atoms with Gasteiger partial charge in [-0.3, -0.25) is 4.79 Å². The number of anilines is 1. The Morgan fingerprint density at radius 3 is 2.57 bits per heavy atom. The van der Waals surface area contributed by atoms with Gasteiger partial charge in [-0.1, -0.05) is 18.2 Å². The largest absolute Gasteiger partial charge is 0.481 e. The molecule has 0 unspecified atom stereocenters. The SMILES string of the molecule is Cc1cccc(O[C@H](C)C(=O)Nc2cc(C)ccc2F)c1. The molecule has 1 N–H and O–H groups in total. The van der Waals surface area contributed by atoms with Gasteiger partial charge in [0.1, 0.15) is 11.6 Å². The molecule has 0 saturated carbocycles. The summed E-state index contributed by atoms with van der Waals surface area (Å²) in [6.45, 7) is 5.41. The van der Waals surface area contributed by atoms with Crippen LogP contribution in [0.15, 0.2) is 42.5 Å². The lowest BCUT2D eigenvalue weighted by molar-refractivity contribution is -0.122. The zero-order valence-electron chi connectivity index (χ0n) is 12.3. The second-order valence-electron chi connectivity index (χ2n) is 5.05. The predicted molar refractivity (Wildman–Crippen MR) is 81.0 cm³/mol. The molecule has 0 bridgehead atoms. The monoisotopic (exact) mass is 287 g/mol. The Morgan fingerprint density at radius 2 is 1.86 bits per heavy atom. The molecular formula is C17H18FNO2. The maximum atomic E-state index is 13.6. The maximum Gasteiger partial charge on any atom is 0.265 e. The van der Waals surface area contributed by atoms with Crippen molar-refractivity contribution in [3.05, 3.63) is 59.4 Å². The average molecular weight is 287 g/mol. The summed E-state index contributed by atoms with van der Waals surface area (Å²) in [5.41, 5.74) is 2.09. The van der Waals surface area contributed by atoms with E-state index in [1.54, 1.807) is 25.1 Å². The molecule has 2 rings (SSSR count). The number of hydrogen-bond acceptors (Lipinski definition) is 2. The van der Waals surface area contributed by atoms with Crippen molar-refractivity contribution in [3.63, 3.8) is 0 Å². The van der Waals surface area contributed by atoms with Gasteiger partial charge in [-0.05, 0) is 56.2 Å². The summed E-state index contributed by atoms with van der Waals surface area (Å²) in [5, 5.41) is 2.55. The molecule has 4 heteroatoms. The van der Waals surface area contributed by atoms with E-state index in [1.807, 2.05) is 32.0 Å². The van der Waals surface area contributed by atoms with E-state index in [0.717, 1.165) is 11.1 Å². The Kier molecular flexibility index (Phi) is 4.58. The lowest BCUT2D eigenvalue weighted by Gasteiger charge is -2.15. The number of amides is 1. The van der Waals surface area contributed by atoms with Gasteiger partial charge in [-0.25, -0.2) is 4.39 Å². The number of carbonyl (C=O) groups is 1. The highest BCUT2D eigenvalue weighted by Crippen LogP contribution is 2.18. The Labute approximate surface area is 123 Å². The predicted octanol–water partition coefficient (Wildman–Crippen LogP) is 3.85. The smallest absolute Gasteiger partial charge is 0.265 e. The molecule has 0 aliphatic heterocycles. The van der Waals surface area contributed by atoms with Crippen LogP contribution in [-0.2, 0) is 4.79 Å². The van der Waals surface area contributed by atoms with Crippen LogP contribution in [0.4, 0.5) is 10.1 Å². The van der Waals surface area contributed by atoms with Crippen LogP contribution in [0.3, 0.4) is 0 Å².